The molecule has 0 aliphatic carbocycles. The van der Waals surface area contributed by atoms with Gasteiger partial charge in [-0.05, 0) is 56.5 Å². The maximum Gasteiger partial charge on any atom is 0.328 e. The van der Waals surface area contributed by atoms with E-state index < -0.39 is 12.0 Å². The summed E-state index contributed by atoms with van der Waals surface area (Å²) in [6.07, 6.45) is 5.20. The third-order valence-corrected chi connectivity index (χ3v) is 5.75. The van der Waals surface area contributed by atoms with E-state index in [1.807, 2.05) is 19.1 Å². The predicted octanol–water partition coefficient (Wildman–Crippen LogP) is 5.50. The van der Waals surface area contributed by atoms with Gasteiger partial charge in [-0.3, -0.25) is 4.79 Å². The maximum atomic E-state index is 12.3. The van der Waals surface area contributed by atoms with Gasteiger partial charge in [-0.1, -0.05) is 18.6 Å². The lowest BCUT2D eigenvalue weighted by atomic mass is 10.1. The highest BCUT2D eigenvalue weighted by Gasteiger charge is 2.28. The van der Waals surface area contributed by atoms with Crippen molar-refractivity contribution in [2.24, 2.45) is 0 Å². The number of aryl methyl sites for hydroxylation is 1. The zero-order valence-corrected chi connectivity index (χ0v) is 19.4. The van der Waals surface area contributed by atoms with E-state index in [4.69, 9.17) is 4.74 Å². The van der Waals surface area contributed by atoms with Crippen LogP contribution in [-0.4, -0.2) is 24.5 Å². The van der Waals surface area contributed by atoms with Crippen LogP contribution in [0.25, 0.3) is 0 Å². The second-order valence-corrected chi connectivity index (χ2v) is 8.54. The SMILES string of the molecule is C=C(C)CCc1cc(C#N)c(Nc2ccc(C(=O)NC3CCOC3=O)cc2)s1.C=CCC. The molecule has 168 valence electrons. The number of ether oxygens (including phenoxy) is 1. The number of nitrogens with zero attached hydrogens (tertiary/aromatic N) is 1. The number of amides is 1. The molecule has 1 atom stereocenters. The van der Waals surface area contributed by atoms with Crippen LogP contribution in [0, 0.1) is 11.3 Å². The first-order valence-electron chi connectivity index (χ1n) is 10.5. The van der Waals surface area contributed by atoms with Gasteiger partial charge in [0.25, 0.3) is 5.91 Å². The van der Waals surface area contributed by atoms with Crippen LogP contribution in [0.4, 0.5) is 10.7 Å². The van der Waals surface area contributed by atoms with Crippen molar-refractivity contribution < 1.29 is 14.3 Å². The number of esters is 1. The maximum absolute atomic E-state index is 12.3. The topological polar surface area (TPSA) is 91.2 Å². The first kappa shape index (κ1) is 24.9. The fourth-order valence-corrected chi connectivity index (χ4v) is 3.81. The monoisotopic (exact) mass is 451 g/mol. The molecule has 1 aliphatic heterocycles. The first-order chi connectivity index (χ1) is 15.4. The number of benzene rings is 1. The van der Waals surface area contributed by atoms with Crippen LogP contribution in [0.15, 0.2) is 55.1 Å². The summed E-state index contributed by atoms with van der Waals surface area (Å²) in [7, 11) is 0. The van der Waals surface area contributed by atoms with Crippen molar-refractivity contribution >= 4 is 33.9 Å². The van der Waals surface area contributed by atoms with Gasteiger partial charge in [0.15, 0.2) is 0 Å². The van der Waals surface area contributed by atoms with E-state index in [9.17, 15) is 14.9 Å². The molecule has 1 aliphatic rings. The molecule has 6 nitrogen and oxygen atoms in total. The molecule has 1 saturated heterocycles. The van der Waals surface area contributed by atoms with Crippen molar-refractivity contribution in [3.63, 3.8) is 0 Å². The number of carbonyl (C=O) groups is 2. The third-order valence-electron chi connectivity index (χ3n) is 4.64. The van der Waals surface area contributed by atoms with E-state index in [-0.39, 0.29) is 5.91 Å². The van der Waals surface area contributed by atoms with Crippen molar-refractivity contribution in [3.05, 3.63) is 71.1 Å². The number of nitriles is 1. The Kier molecular flexibility index (Phi) is 9.71. The largest absolute Gasteiger partial charge is 0.464 e. The second-order valence-electron chi connectivity index (χ2n) is 7.41. The minimum atomic E-state index is -0.577. The minimum absolute atomic E-state index is 0.314. The number of rotatable bonds is 8. The van der Waals surface area contributed by atoms with Crippen LogP contribution in [0.5, 0.6) is 0 Å². The second kappa shape index (κ2) is 12.5. The number of cyclic esters (lactones) is 1. The van der Waals surface area contributed by atoms with E-state index in [0.717, 1.165) is 40.4 Å². The van der Waals surface area contributed by atoms with Gasteiger partial charge in [-0.15, -0.1) is 24.5 Å². The number of thiophene rings is 1. The Morgan fingerprint density at radius 2 is 2.06 bits per heavy atom. The van der Waals surface area contributed by atoms with Crippen molar-refractivity contribution in [2.45, 2.75) is 45.6 Å². The molecular weight excluding hydrogens is 422 g/mol. The summed E-state index contributed by atoms with van der Waals surface area (Å²) in [4.78, 5) is 24.9. The fraction of sp³-hybridized carbons (Fsp3) is 0.320. The van der Waals surface area contributed by atoms with Crippen LogP contribution in [-0.2, 0) is 16.0 Å². The highest BCUT2D eigenvalue weighted by atomic mass is 32.1. The number of nitrogens with one attached hydrogen (secondary N) is 2. The Balaban J connectivity index is 0.000000837. The molecule has 1 fully saturated rings. The van der Waals surface area contributed by atoms with E-state index in [1.54, 1.807) is 35.6 Å². The summed E-state index contributed by atoms with van der Waals surface area (Å²) in [5.74, 6) is -0.706. The molecule has 0 spiro atoms. The standard InChI is InChI=1S/C21H21N3O3S.C4H8/c1-13(2)3-8-17-11-15(12-22)20(28-17)23-16-6-4-14(5-7-16)19(25)24-18-9-10-27-21(18)26;1-3-4-2/h4-7,11,18,23H,1,3,8-10H2,2H3,(H,24,25);3H,1,4H2,2H3. The van der Waals surface area contributed by atoms with Crippen molar-refractivity contribution in [1.82, 2.24) is 5.32 Å². The Bertz CT molecular complexity index is 1000. The number of anilines is 2. The molecule has 2 heterocycles. The molecule has 3 rings (SSSR count). The van der Waals surface area contributed by atoms with Gasteiger partial charge in [-0.25, -0.2) is 4.79 Å². The van der Waals surface area contributed by atoms with Crippen LogP contribution < -0.4 is 10.6 Å². The molecule has 0 bridgehead atoms. The summed E-state index contributed by atoms with van der Waals surface area (Å²) in [5.41, 5.74) is 2.95. The molecular formula is C25H29N3O3S. The van der Waals surface area contributed by atoms with Gasteiger partial charge in [0.1, 0.15) is 17.1 Å². The average Bonchev–Trinajstić information content (AvgIpc) is 3.38. The Hall–Kier alpha value is -3.37. The van der Waals surface area contributed by atoms with Crippen molar-refractivity contribution in [3.8, 4) is 6.07 Å². The Morgan fingerprint density at radius 3 is 2.59 bits per heavy atom. The summed E-state index contributed by atoms with van der Waals surface area (Å²) >= 11 is 1.55. The minimum Gasteiger partial charge on any atom is -0.464 e. The lowest BCUT2D eigenvalue weighted by Gasteiger charge is -2.10. The van der Waals surface area contributed by atoms with E-state index in [2.05, 4.69) is 36.8 Å². The normalized spacial score (nSPS) is 14.4. The summed E-state index contributed by atoms with van der Waals surface area (Å²) in [5, 5.41) is 16.1. The molecule has 0 radical (unpaired) electrons. The van der Waals surface area contributed by atoms with Crippen LogP contribution in [0.3, 0.4) is 0 Å². The third kappa shape index (κ3) is 7.40. The van der Waals surface area contributed by atoms with Crippen LogP contribution >= 0.6 is 11.3 Å². The summed E-state index contributed by atoms with van der Waals surface area (Å²) in [6, 6.07) is 10.4. The van der Waals surface area contributed by atoms with Gasteiger partial charge >= 0.3 is 5.97 Å². The first-order valence-corrected chi connectivity index (χ1v) is 11.3. The number of carbonyl (C=O) groups excluding carboxylic acids is 2. The fourth-order valence-electron chi connectivity index (χ4n) is 2.78. The van der Waals surface area contributed by atoms with E-state index in [1.165, 1.54) is 0 Å². The predicted molar refractivity (Wildman–Crippen MR) is 129 cm³/mol. The zero-order chi connectivity index (χ0) is 23.5. The lowest BCUT2D eigenvalue weighted by Crippen LogP contribution is -2.37. The molecule has 1 aromatic carbocycles. The van der Waals surface area contributed by atoms with Gasteiger partial charge in [0.2, 0.25) is 0 Å². The molecule has 7 heteroatoms. The van der Waals surface area contributed by atoms with Crippen molar-refractivity contribution in [1.29, 1.82) is 5.26 Å². The van der Waals surface area contributed by atoms with Crippen LogP contribution in [0.2, 0.25) is 0 Å². The van der Waals surface area contributed by atoms with Crippen molar-refractivity contribution in [2.75, 3.05) is 11.9 Å². The number of allylic oxidation sites excluding steroid dienone is 2. The van der Waals surface area contributed by atoms with E-state index >= 15 is 0 Å². The smallest absolute Gasteiger partial charge is 0.328 e. The molecule has 2 aromatic rings. The van der Waals surface area contributed by atoms with Gasteiger partial charge in [0, 0.05) is 22.5 Å². The summed E-state index contributed by atoms with van der Waals surface area (Å²) < 4.78 is 4.85. The van der Waals surface area contributed by atoms with Crippen LogP contribution in [0.1, 0.15) is 53.9 Å². The number of hydrogen-bond acceptors (Lipinski definition) is 6. The molecule has 1 unspecified atom stereocenters. The quantitative estimate of drug-likeness (QED) is 0.408. The average molecular weight is 452 g/mol. The Morgan fingerprint density at radius 1 is 1.38 bits per heavy atom. The molecule has 0 saturated carbocycles. The van der Waals surface area contributed by atoms with Gasteiger partial charge < -0.3 is 15.4 Å². The van der Waals surface area contributed by atoms with Gasteiger partial charge in [-0.2, -0.15) is 5.26 Å². The molecule has 1 aromatic heterocycles. The molecule has 32 heavy (non-hydrogen) atoms. The lowest BCUT2D eigenvalue weighted by molar-refractivity contribution is -0.139. The number of hydrogen-bond donors (Lipinski definition) is 2. The zero-order valence-electron chi connectivity index (χ0n) is 18.6. The molecule has 2 N–H and O–H groups in total. The highest BCUT2D eigenvalue weighted by Crippen LogP contribution is 2.31. The van der Waals surface area contributed by atoms with E-state index in [0.29, 0.717) is 24.2 Å². The molecule has 1 amide bonds. The summed E-state index contributed by atoms with van der Waals surface area (Å²) in [6.45, 7) is 11.8. The van der Waals surface area contributed by atoms with Gasteiger partial charge in [0.05, 0.1) is 12.2 Å². The Labute approximate surface area is 193 Å². The highest BCUT2D eigenvalue weighted by molar-refractivity contribution is 7.16.